The summed E-state index contributed by atoms with van der Waals surface area (Å²) in [4.78, 5) is 19.4. The number of aromatic nitrogens is 1. The van der Waals surface area contributed by atoms with E-state index < -0.39 is 0 Å². The molecule has 4 heterocycles. The number of para-hydroxylation sites is 1. The third-order valence-corrected chi connectivity index (χ3v) is 7.21. The van der Waals surface area contributed by atoms with Crippen molar-refractivity contribution >= 4 is 28.4 Å². The molecule has 6 nitrogen and oxygen atoms in total. The summed E-state index contributed by atoms with van der Waals surface area (Å²) in [6.45, 7) is 0.757. The van der Waals surface area contributed by atoms with Gasteiger partial charge in [0, 0.05) is 33.7 Å². The van der Waals surface area contributed by atoms with Gasteiger partial charge >= 0.3 is 0 Å². The average molecular weight is 497 g/mol. The first-order chi connectivity index (χ1) is 17.7. The van der Waals surface area contributed by atoms with Crippen molar-refractivity contribution in [2.75, 3.05) is 13.3 Å². The van der Waals surface area contributed by atoms with Crippen LogP contribution in [0.4, 0.5) is 0 Å². The Bertz CT molecular complexity index is 1620. The molecule has 0 fully saturated rings. The van der Waals surface area contributed by atoms with Gasteiger partial charge in [-0.1, -0.05) is 35.9 Å². The maximum atomic E-state index is 13.9. The van der Waals surface area contributed by atoms with E-state index in [0.717, 1.165) is 28.8 Å². The Morgan fingerprint density at radius 2 is 1.78 bits per heavy atom. The second-order valence-electron chi connectivity index (χ2n) is 9.00. The van der Waals surface area contributed by atoms with Crippen molar-refractivity contribution in [2.24, 2.45) is 0 Å². The molecule has 0 bridgehead atoms. The number of amides is 1. The predicted octanol–water partition coefficient (Wildman–Crippen LogP) is 6.60. The summed E-state index contributed by atoms with van der Waals surface area (Å²) in [5.74, 6) is 2.15. The van der Waals surface area contributed by atoms with Crippen LogP contribution in [0.5, 0.6) is 11.5 Å². The van der Waals surface area contributed by atoms with Crippen molar-refractivity contribution < 1.29 is 18.7 Å². The van der Waals surface area contributed by atoms with Crippen LogP contribution < -0.4 is 9.47 Å². The van der Waals surface area contributed by atoms with Crippen molar-refractivity contribution in [1.29, 1.82) is 0 Å². The van der Waals surface area contributed by atoms with Gasteiger partial charge in [0.1, 0.15) is 5.76 Å². The lowest BCUT2D eigenvalue weighted by molar-refractivity contribution is 0.0660. The highest BCUT2D eigenvalue weighted by Crippen LogP contribution is 2.42. The van der Waals surface area contributed by atoms with E-state index in [2.05, 4.69) is 17.1 Å². The number of carbonyl (C=O) groups is 1. The smallest absolute Gasteiger partial charge is 0.290 e. The number of hydrogen-bond donors (Lipinski definition) is 1. The lowest BCUT2D eigenvalue weighted by atomic mass is 9.92. The summed E-state index contributed by atoms with van der Waals surface area (Å²) in [7, 11) is 0. The van der Waals surface area contributed by atoms with Crippen LogP contribution in [0.25, 0.3) is 22.2 Å². The Balaban J connectivity index is 1.31. The summed E-state index contributed by atoms with van der Waals surface area (Å²) in [5.41, 5.74) is 5.12. The molecule has 1 atom stereocenters. The number of ether oxygens (including phenoxy) is 2. The number of carbonyl (C=O) groups excluding carboxylic acids is 1. The molecule has 7 heteroatoms. The molecule has 0 radical (unpaired) electrons. The minimum atomic E-state index is -0.327. The van der Waals surface area contributed by atoms with E-state index in [9.17, 15) is 4.79 Å². The number of aromatic amines is 1. The van der Waals surface area contributed by atoms with Crippen molar-refractivity contribution in [3.05, 3.63) is 106 Å². The molecule has 1 amide bonds. The van der Waals surface area contributed by atoms with Crippen LogP contribution in [-0.4, -0.2) is 29.1 Å². The summed E-state index contributed by atoms with van der Waals surface area (Å²) in [6.07, 6.45) is 0.747. The van der Waals surface area contributed by atoms with Crippen LogP contribution in [0.2, 0.25) is 5.02 Å². The fourth-order valence-electron chi connectivity index (χ4n) is 5.25. The standard InChI is InChI=1S/C29H21ClN2O4/c30-19-8-5-17(6-9-19)23-11-12-25(36-23)29(33)32-14-13-21-20-3-1-2-4-22(20)31-27(21)28(32)18-7-10-24-26(15-18)35-16-34-24/h1-12,15,28,31H,13-14,16H2. The molecule has 178 valence electrons. The molecular weight excluding hydrogens is 476 g/mol. The summed E-state index contributed by atoms with van der Waals surface area (Å²) < 4.78 is 17.2. The van der Waals surface area contributed by atoms with Gasteiger partial charge in [-0.3, -0.25) is 4.79 Å². The van der Waals surface area contributed by atoms with Crippen LogP contribution in [0.1, 0.15) is 33.4 Å². The third kappa shape index (κ3) is 3.37. The quantitative estimate of drug-likeness (QED) is 0.305. The fourth-order valence-corrected chi connectivity index (χ4v) is 5.38. The zero-order valence-corrected chi connectivity index (χ0v) is 19.9. The maximum Gasteiger partial charge on any atom is 0.290 e. The number of hydrogen-bond acceptors (Lipinski definition) is 4. The largest absolute Gasteiger partial charge is 0.454 e. The van der Waals surface area contributed by atoms with Gasteiger partial charge in [0.15, 0.2) is 17.3 Å². The second kappa shape index (κ2) is 8.21. The van der Waals surface area contributed by atoms with Crippen molar-refractivity contribution in [2.45, 2.75) is 12.5 Å². The summed E-state index contributed by atoms with van der Waals surface area (Å²) in [5, 5.41) is 1.84. The van der Waals surface area contributed by atoms with Crippen molar-refractivity contribution in [1.82, 2.24) is 9.88 Å². The first-order valence-electron chi connectivity index (χ1n) is 11.8. The molecule has 2 aromatic heterocycles. The highest BCUT2D eigenvalue weighted by atomic mass is 35.5. The Morgan fingerprint density at radius 1 is 0.944 bits per heavy atom. The molecule has 0 saturated heterocycles. The highest BCUT2D eigenvalue weighted by Gasteiger charge is 2.36. The molecule has 1 N–H and O–H groups in total. The Morgan fingerprint density at radius 3 is 2.67 bits per heavy atom. The normalized spacial score (nSPS) is 16.4. The molecule has 0 spiro atoms. The molecule has 3 aromatic carbocycles. The fraction of sp³-hybridized carbons (Fsp3) is 0.138. The minimum absolute atomic E-state index is 0.165. The summed E-state index contributed by atoms with van der Waals surface area (Å²) >= 11 is 6.03. The first-order valence-corrected chi connectivity index (χ1v) is 12.2. The number of rotatable bonds is 3. The van der Waals surface area contributed by atoms with Crippen LogP contribution in [0.15, 0.2) is 83.3 Å². The van der Waals surface area contributed by atoms with Crippen molar-refractivity contribution in [3.63, 3.8) is 0 Å². The van der Waals surface area contributed by atoms with Gasteiger partial charge in [0.2, 0.25) is 6.79 Å². The molecule has 36 heavy (non-hydrogen) atoms. The number of H-pyrrole nitrogens is 1. The van der Waals surface area contributed by atoms with Crippen LogP contribution in [0.3, 0.4) is 0 Å². The van der Waals surface area contributed by atoms with Gasteiger partial charge in [-0.15, -0.1) is 0 Å². The van der Waals surface area contributed by atoms with E-state index in [4.69, 9.17) is 25.5 Å². The SMILES string of the molecule is O=C(c1ccc(-c2ccc(Cl)cc2)o1)N1CCc2c([nH]c3ccccc23)C1c1ccc2c(c1)OCO2. The number of furan rings is 1. The molecule has 0 aliphatic carbocycles. The van der Waals surface area contributed by atoms with E-state index in [1.807, 2.05) is 53.4 Å². The predicted molar refractivity (Wildman–Crippen MR) is 137 cm³/mol. The number of halogens is 1. The van der Waals surface area contributed by atoms with Gasteiger partial charge < -0.3 is 23.8 Å². The molecule has 5 aromatic rings. The van der Waals surface area contributed by atoms with E-state index in [1.54, 1.807) is 18.2 Å². The second-order valence-corrected chi connectivity index (χ2v) is 9.43. The van der Waals surface area contributed by atoms with Crippen molar-refractivity contribution in [3.8, 4) is 22.8 Å². The monoisotopic (exact) mass is 496 g/mol. The zero-order valence-electron chi connectivity index (χ0n) is 19.2. The number of nitrogens with zero attached hydrogens (tertiary/aromatic N) is 1. The summed E-state index contributed by atoms with van der Waals surface area (Å²) in [6, 6.07) is 24.7. The Hall–Kier alpha value is -4.16. The first kappa shape index (κ1) is 21.1. The van der Waals surface area contributed by atoms with E-state index in [0.29, 0.717) is 34.6 Å². The zero-order chi connectivity index (χ0) is 24.2. The van der Waals surface area contributed by atoms with Crippen LogP contribution >= 0.6 is 11.6 Å². The lowest BCUT2D eigenvalue weighted by Gasteiger charge is -2.35. The lowest BCUT2D eigenvalue weighted by Crippen LogP contribution is -2.40. The Kier molecular flexibility index (Phi) is 4.82. The topological polar surface area (TPSA) is 67.7 Å². The third-order valence-electron chi connectivity index (χ3n) is 6.95. The average Bonchev–Trinajstić information content (AvgIpc) is 3.66. The number of fused-ring (bicyclic) bond motifs is 4. The molecule has 1 unspecified atom stereocenters. The molecular formula is C29H21ClN2O4. The van der Waals surface area contributed by atoms with Crippen LogP contribution in [0, 0.1) is 0 Å². The van der Waals surface area contributed by atoms with E-state index in [1.165, 1.54) is 10.9 Å². The molecule has 2 aliphatic rings. The minimum Gasteiger partial charge on any atom is -0.454 e. The van der Waals surface area contributed by atoms with Gasteiger partial charge in [-0.05, 0) is 72.1 Å². The van der Waals surface area contributed by atoms with Gasteiger partial charge in [0.05, 0.1) is 6.04 Å². The highest BCUT2D eigenvalue weighted by molar-refractivity contribution is 6.30. The molecule has 2 aliphatic heterocycles. The van der Waals surface area contributed by atoms with Crippen LogP contribution in [-0.2, 0) is 6.42 Å². The Labute approximate surface area is 212 Å². The molecule has 0 saturated carbocycles. The number of benzene rings is 3. The van der Waals surface area contributed by atoms with Gasteiger partial charge in [-0.25, -0.2) is 0 Å². The molecule has 7 rings (SSSR count). The van der Waals surface area contributed by atoms with Gasteiger partial charge in [-0.2, -0.15) is 0 Å². The van der Waals surface area contributed by atoms with Gasteiger partial charge in [0.25, 0.3) is 5.91 Å². The number of nitrogens with one attached hydrogen (secondary N) is 1. The van der Waals surface area contributed by atoms with E-state index >= 15 is 0 Å². The maximum absolute atomic E-state index is 13.9. The van der Waals surface area contributed by atoms with E-state index in [-0.39, 0.29) is 18.7 Å².